The minimum atomic E-state index is -0.296. The molecular formula is C21H13ClN4O2S. The number of para-hydroxylation sites is 1. The van der Waals surface area contributed by atoms with Crippen LogP contribution >= 0.6 is 22.9 Å². The van der Waals surface area contributed by atoms with Gasteiger partial charge in [0.15, 0.2) is 0 Å². The van der Waals surface area contributed by atoms with Crippen molar-refractivity contribution in [1.29, 1.82) is 5.26 Å². The normalized spacial score (nSPS) is 11.6. The maximum atomic E-state index is 13.2. The Bertz CT molecular complexity index is 1380. The smallest absolute Gasteiger partial charge is 0.276 e. The lowest BCUT2D eigenvalue weighted by atomic mass is 10.1. The second kappa shape index (κ2) is 7.51. The topological polar surface area (TPSA) is 91.8 Å². The average Bonchev–Trinajstić information content (AvgIpc) is 3.18. The van der Waals surface area contributed by atoms with Crippen LogP contribution in [0.5, 0.6) is 0 Å². The van der Waals surface area contributed by atoms with Gasteiger partial charge in [-0.05, 0) is 42.6 Å². The van der Waals surface area contributed by atoms with Crippen molar-refractivity contribution < 1.29 is 5.11 Å². The van der Waals surface area contributed by atoms with Gasteiger partial charge in [0.05, 0.1) is 21.8 Å². The van der Waals surface area contributed by atoms with Crippen LogP contribution in [0.15, 0.2) is 52.6 Å². The number of fused-ring (bicyclic) bond motifs is 1. The van der Waals surface area contributed by atoms with Crippen molar-refractivity contribution in [1.82, 2.24) is 14.5 Å². The van der Waals surface area contributed by atoms with Gasteiger partial charge in [-0.3, -0.25) is 9.36 Å². The number of halogens is 1. The van der Waals surface area contributed by atoms with Crippen LogP contribution < -0.4 is 5.56 Å². The first-order valence-corrected chi connectivity index (χ1v) is 9.79. The van der Waals surface area contributed by atoms with Gasteiger partial charge in [-0.1, -0.05) is 23.7 Å². The van der Waals surface area contributed by atoms with E-state index in [-0.39, 0.29) is 28.4 Å². The maximum Gasteiger partial charge on any atom is 0.276 e. The third-order valence-corrected chi connectivity index (χ3v) is 5.47. The first-order valence-electron chi connectivity index (χ1n) is 8.53. The van der Waals surface area contributed by atoms with Crippen molar-refractivity contribution >= 4 is 45.0 Å². The van der Waals surface area contributed by atoms with Gasteiger partial charge in [-0.2, -0.15) is 5.26 Å². The molecule has 0 amide bonds. The lowest BCUT2D eigenvalue weighted by molar-refractivity contribution is 0.511. The first kappa shape index (κ1) is 18.9. The molecule has 142 valence electrons. The summed E-state index contributed by atoms with van der Waals surface area (Å²) in [4.78, 5) is 21.9. The zero-order chi connectivity index (χ0) is 20.5. The molecule has 0 saturated carbocycles. The molecule has 0 aliphatic carbocycles. The minimum absolute atomic E-state index is 0.123. The number of hydrogen-bond acceptors (Lipinski definition) is 6. The molecule has 3 aromatic heterocycles. The molecule has 3 heterocycles. The second-order valence-electron chi connectivity index (χ2n) is 6.19. The molecule has 1 N–H and O–H groups in total. The Morgan fingerprint density at radius 2 is 2.03 bits per heavy atom. The van der Waals surface area contributed by atoms with Crippen LogP contribution in [0.4, 0.5) is 0 Å². The largest absolute Gasteiger partial charge is 0.505 e. The van der Waals surface area contributed by atoms with Gasteiger partial charge in [0.1, 0.15) is 28.0 Å². The van der Waals surface area contributed by atoms with Crippen LogP contribution in [-0.4, -0.2) is 19.6 Å². The van der Waals surface area contributed by atoms with Gasteiger partial charge in [0.2, 0.25) is 0 Å². The zero-order valence-corrected chi connectivity index (χ0v) is 16.7. The van der Waals surface area contributed by atoms with E-state index in [0.717, 1.165) is 0 Å². The van der Waals surface area contributed by atoms with E-state index >= 15 is 0 Å². The molecule has 6 nitrogen and oxygen atoms in total. The van der Waals surface area contributed by atoms with Gasteiger partial charge in [-0.15, -0.1) is 11.3 Å². The number of nitriles is 1. The van der Waals surface area contributed by atoms with Crippen LogP contribution in [0.2, 0.25) is 5.02 Å². The zero-order valence-electron chi connectivity index (χ0n) is 15.1. The molecule has 0 unspecified atom stereocenters. The summed E-state index contributed by atoms with van der Waals surface area (Å²) in [7, 11) is 0. The predicted octanol–water partition coefficient (Wildman–Crippen LogP) is 4.73. The molecule has 0 fully saturated rings. The quantitative estimate of drug-likeness (QED) is 0.483. The molecule has 4 rings (SSSR count). The highest BCUT2D eigenvalue weighted by molar-refractivity contribution is 7.17. The first-order chi connectivity index (χ1) is 14.0. The number of hydrogen-bond donors (Lipinski definition) is 1. The SMILES string of the molecule is Cc1ccc(C#N)c(C(O)=Cc2nc3ccsc3c(=O)n2-c2ccccc2Cl)n1. The van der Waals surface area contributed by atoms with Crippen LogP contribution in [0.1, 0.15) is 22.8 Å². The number of aliphatic hydroxyl groups is 1. The minimum Gasteiger partial charge on any atom is -0.505 e. The van der Waals surface area contributed by atoms with Gasteiger partial charge < -0.3 is 5.11 Å². The molecular weight excluding hydrogens is 408 g/mol. The van der Waals surface area contributed by atoms with E-state index in [1.54, 1.807) is 54.8 Å². The molecule has 0 aliphatic rings. The number of thiophene rings is 1. The highest BCUT2D eigenvalue weighted by atomic mass is 35.5. The predicted molar refractivity (Wildman–Crippen MR) is 114 cm³/mol. The molecule has 8 heteroatoms. The third kappa shape index (κ3) is 3.40. The monoisotopic (exact) mass is 420 g/mol. The number of aryl methyl sites for hydroxylation is 1. The summed E-state index contributed by atoms with van der Waals surface area (Å²) in [5.41, 5.74) is 1.64. The van der Waals surface area contributed by atoms with Crippen LogP contribution in [-0.2, 0) is 0 Å². The summed E-state index contributed by atoms with van der Waals surface area (Å²) < 4.78 is 1.83. The molecule has 0 atom stereocenters. The number of aromatic nitrogens is 3. The Labute approximate surface area is 174 Å². The highest BCUT2D eigenvalue weighted by Gasteiger charge is 2.17. The van der Waals surface area contributed by atoms with Crippen molar-refractivity contribution in [3.63, 3.8) is 0 Å². The fraction of sp³-hybridized carbons (Fsp3) is 0.0476. The molecule has 4 aromatic rings. The Balaban J connectivity index is 2.02. The molecule has 0 bridgehead atoms. The van der Waals surface area contributed by atoms with Crippen molar-refractivity contribution in [3.8, 4) is 11.8 Å². The summed E-state index contributed by atoms with van der Waals surface area (Å²) in [5.74, 6) is -0.0915. The Morgan fingerprint density at radius 1 is 1.24 bits per heavy atom. The van der Waals surface area contributed by atoms with Gasteiger partial charge >= 0.3 is 0 Å². The fourth-order valence-electron chi connectivity index (χ4n) is 2.93. The molecule has 0 aliphatic heterocycles. The van der Waals surface area contributed by atoms with Crippen molar-refractivity contribution in [3.05, 3.63) is 86.0 Å². The Morgan fingerprint density at radius 3 is 2.79 bits per heavy atom. The summed E-state index contributed by atoms with van der Waals surface area (Å²) in [5, 5.41) is 22.2. The lowest BCUT2D eigenvalue weighted by Gasteiger charge is -2.12. The van der Waals surface area contributed by atoms with Crippen LogP contribution in [0.3, 0.4) is 0 Å². The van der Waals surface area contributed by atoms with E-state index in [9.17, 15) is 15.2 Å². The number of aliphatic hydroxyl groups excluding tert-OH is 1. The number of pyridine rings is 1. The van der Waals surface area contributed by atoms with E-state index in [2.05, 4.69) is 9.97 Å². The van der Waals surface area contributed by atoms with Gasteiger partial charge in [0.25, 0.3) is 5.56 Å². The number of rotatable bonds is 3. The van der Waals surface area contributed by atoms with Crippen molar-refractivity contribution in [2.45, 2.75) is 6.92 Å². The molecule has 0 radical (unpaired) electrons. The van der Waals surface area contributed by atoms with E-state index < -0.39 is 0 Å². The van der Waals surface area contributed by atoms with E-state index in [4.69, 9.17) is 11.6 Å². The molecule has 0 spiro atoms. The molecule has 0 saturated heterocycles. The standard InChI is InChI=1S/C21H13ClN4O2S/c1-12-6-7-13(11-23)19(24-12)17(27)10-18-25-15-8-9-29-20(15)21(28)26(18)16-5-3-2-4-14(16)22/h2-10,27H,1H3. The summed E-state index contributed by atoms with van der Waals surface area (Å²) in [6.45, 7) is 1.76. The van der Waals surface area contributed by atoms with E-state index in [1.807, 2.05) is 6.07 Å². The average molecular weight is 421 g/mol. The Kier molecular flexibility index (Phi) is 4.89. The summed E-state index contributed by atoms with van der Waals surface area (Å²) in [6.07, 6.45) is 1.32. The second-order valence-corrected chi connectivity index (χ2v) is 7.51. The van der Waals surface area contributed by atoms with Crippen LogP contribution in [0, 0.1) is 18.3 Å². The van der Waals surface area contributed by atoms with Gasteiger partial charge in [0, 0.05) is 11.8 Å². The van der Waals surface area contributed by atoms with E-state index in [1.165, 1.54) is 22.0 Å². The molecule has 29 heavy (non-hydrogen) atoms. The summed E-state index contributed by atoms with van der Waals surface area (Å²) >= 11 is 7.61. The van der Waals surface area contributed by atoms with E-state index in [0.29, 0.717) is 26.6 Å². The Hall–Kier alpha value is -3.47. The maximum absolute atomic E-state index is 13.2. The van der Waals surface area contributed by atoms with Crippen molar-refractivity contribution in [2.75, 3.05) is 0 Å². The lowest BCUT2D eigenvalue weighted by Crippen LogP contribution is -2.22. The van der Waals surface area contributed by atoms with Gasteiger partial charge in [-0.25, -0.2) is 9.97 Å². The van der Waals surface area contributed by atoms with Crippen LogP contribution in [0.25, 0.3) is 27.7 Å². The number of nitrogens with zero attached hydrogens (tertiary/aromatic N) is 4. The summed E-state index contributed by atoms with van der Waals surface area (Å²) in [6, 6.07) is 13.9. The highest BCUT2D eigenvalue weighted by Crippen LogP contribution is 2.25. The molecule has 1 aromatic carbocycles. The number of benzene rings is 1. The van der Waals surface area contributed by atoms with Crippen molar-refractivity contribution in [2.24, 2.45) is 0 Å². The fourth-order valence-corrected chi connectivity index (χ4v) is 3.90. The third-order valence-electron chi connectivity index (χ3n) is 4.26.